The summed E-state index contributed by atoms with van der Waals surface area (Å²) in [6.07, 6.45) is 0. The zero-order chi connectivity index (χ0) is 20.7. The Bertz CT molecular complexity index is 1030. The number of amides is 3. The fourth-order valence-electron chi connectivity index (χ4n) is 3.58. The summed E-state index contributed by atoms with van der Waals surface area (Å²) in [5, 5.41) is 13.8. The molecule has 0 aromatic heterocycles. The first-order valence-electron chi connectivity index (χ1n) is 8.88. The van der Waals surface area contributed by atoms with Gasteiger partial charge < -0.3 is 15.0 Å². The Balaban J connectivity index is 1.70. The zero-order valence-corrected chi connectivity index (χ0v) is 15.8. The van der Waals surface area contributed by atoms with Crippen LogP contribution in [0.5, 0.6) is 5.75 Å². The Kier molecular flexibility index (Phi) is 4.42. The molecule has 9 nitrogen and oxygen atoms in total. The summed E-state index contributed by atoms with van der Waals surface area (Å²) >= 11 is 0. The van der Waals surface area contributed by atoms with E-state index in [0.717, 1.165) is 5.56 Å². The van der Waals surface area contributed by atoms with Crippen molar-refractivity contribution in [2.75, 3.05) is 25.6 Å². The molecule has 0 fully saturated rings. The van der Waals surface area contributed by atoms with Crippen LogP contribution in [0.1, 0.15) is 11.6 Å². The molecule has 1 N–H and O–H groups in total. The van der Waals surface area contributed by atoms with Crippen LogP contribution in [0.15, 0.2) is 59.8 Å². The minimum absolute atomic E-state index is 0.0526. The van der Waals surface area contributed by atoms with E-state index in [1.807, 2.05) is 12.1 Å². The molecule has 148 valence electrons. The van der Waals surface area contributed by atoms with Crippen molar-refractivity contribution < 1.29 is 19.2 Å². The van der Waals surface area contributed by atoms with Crippen molar-refractivity contribution in [2.45, 2.75) is 6.04 Å². The maximum Gasteiger partial charge on any atom is 0.322 e. The fraction of sp³-hybridized carbons (Fsp3) is 0.200. The lowest BCUT2D eigenvalue weighted by atomic mass is 9.95. The SMILES string of the molecule is COc1ccc(C2NC(=O)N(C)C3=C2C(=O)N(c2ccc([N+](=O)[O-])cc2)C3)cc1. The number of likely N-dealkylation sites (N-methyl/N-ethyl adjacent to an activating group) is 1. The molecule has 0 aliphatic carbocycles. The molecule has 9 heteroatoms. The molecular weight excluding hydrogens is 376 g/mol. The Morgan fingerprint density at radius 3 is 2.34 bits per heavy atom. The standard InChI is InChI=1S/C20H18N4O5/c1-22-16-11-23(13-5-7-14(8-6-13)24(27)28)19(25)17(16)18(21-20(22)26)12-3-9-15(29-2)10-4-12/h3-10,18H,11H2,1-2H3,(H,21,26). The molecule has 0 saturated heterocycles. The first-order valence-corrected chi connectivity index (χ1v) is 8.88. The van der Waals surface area contributed by atoms with E-state index in [1.165, 1.54) is 34.1 Å². The summed E-state index contributed by atoms with van der Waals surface area (Å²) in [5.41, 5.74) is 2.33. The van der Waals surface area contributed by atoms with Crippen molar-refractivity contribution >= 4 is 23.3 Å². The van der Waals surface area contributed by atoms with Crippen molar-refractivity contribution in [3.8, 4) is 5.75 Å². The Labute approximate surface area is 166 Å². The Morgan fingerprint density at radius 2 is 1.76 bits per heavy atom. The van der Waals surface area contributed by atoms with Gasteiger partial charge in [0.15, 0.2) is 0 Å². The molecule has 2 aliphatic heterocycles. The van der Waals surface area contributed by atoms with Crippen LogP contribution in [0.25, 0.3) is 0 Å². The molecule has 3 amide bonds. The highest BCUT2D eigenvalue weighted by atomic mass is 16.6. The number of hydrogen-bond acceptors (Lipinski definition) is 5. The maximum atomic E-state index is 13.2. The van der Waals surface area contributed by atoms with Crippen LogP contribution in [0.2, 0.25) is 0 Å². The molecule has 2 heterocycles. The van der Waals surface area contributed by atoms with Crippen molar-refractivity contribution in [1.82, 2.24) is 10.2 Å². The molecule has 0 bridgehead atoms. The number of nitro benzene ring substituents is 1. The summed E-state index contributed by atoms with van der Waals surface area (Å²) in [5.74, 6) is 0.425. The van der Waals surface area contributed by atoms with Gasteiger partial charge in [-0.3, -0.25) is 19.8 Å². The summed E-state index contributed by atoms with van der Waals surface area (Å²) in [7, 11) is 3.18. The van der Waals surface area contributed by atoms with Gasteiger partial charge in [-0.15, -0.1) is 0 Å². The topological polar surface area (TPSA) is 105 Å². The van der Waals surface area contributed by atoms with Crippen LogP contribution >= 0.6 is 0 Å². The van der Waals surface area contributed by atoms with Gasteiger partial charge >= 0.3 is 6.03 Å². The first kappa shape index (κ1) is 18.5. The number of rotatable bonds is 4. The highest BCUT2D eigenvalue weighted by molar-refractivity contribution is 6.11. The number of nitro groups is 1. The van der Waals surface area contributed by atoms with Crippen molar-refractivity contribution in [3.05, 3.63) is 75.5 Å². The molecule has 0 spiro atoms. The highest BCUT2D eigenvalue weighted by Gasteiger charge is 2.43. The van der Waals surface area contributed by atoms with Crippen LogP contribution < -0.4 is 15.0 Å². The molecule has 1 atom stereocenters. The molecule has 2 aliphatic rings. The van der Waals surface area contributed by atoms with E-state index in [1.54, 1.807) is 26.3 Å². The van der Waals surface area contributed by atoms with Gasteiger partial charge in [-0.25, -0.2) is 4.79 Å². The number of carbonyl (C=O) groups excluding carboxylic acids is 2. The van der Waals surface area contributed by atoms with Crippen molar-refractivity contribution in [1.29, 1.82) is 0 Å². The number of ether oxygens (including phenoxy) is 1. The van der Waals surface area contributed by atoms with Crippen LogP contribution in [0.3, 0.4) is 0 Å². The van der Waals surface area contributed by atoms with Gasteiger partial charge in [0.25, 0.3) is 11.6 Å². The average molecular weight is 394 g/mol. The third kappa shape index (κ3) is 3.06. The number of nitrogens with zero attached hydrogens (tertiary/aromatic N) is 3. The minimum Gasteiger partial charge on any atom is -0.497 e. The highest BCUT2D eigenvalue weighted by Crippen LogP contribution is 2.38. The molecule has 2 aromatic rings. The van der Waals surface area contributed by atoms with Crippen LogP contribution in [-0.4, -0.2) is 42.5 Å². The molecule has 1 unspecified atom stereocenters. The summed E-state index contributed by atoms with van der Waals surface area (Å²) in [6.45, 7) is 0.211. The van der Waals surface area contributed by atoms with Crippen LogP contribution in [0.4, 0.5) is 16.2 Å². The number of methoxy groups -OCH3 is 1. The van der Waals surface area contributed by atoms with Crippen molar-refractivity contribution in [3.63, 3.8) is 0 Å². The number of non-ortho nitro benzene ring substituents is 1. The van der Waals surface area contributed by atoms with Crippen LogP contribution in [-0.2, 0) is 4.79 Å². The largest absolute Gasteiger partial charge is 0.497 e. The zero-order valence-electron chi connectivity index (χ0n) is 15.8. The molecule has 29 heavy (non-hydrogen) atoms. The van der Waals surface area contributed by atoms with E-state index in [9.17, 15) is 19.7 Å². The normalized spacial score (nSPS) is 18.6. The lowest BCUT2D eigenvalue weighted by Gasteiger charge is -2.31. The summed E-state index contributed by atoms with van der Waals surface area (Å²) in [4.78, 5) is 39.1. The average Bonchev–Trinajstić information content (AvgIpc) is 3.08. The fourth-order valence-corrected chi connectivity index (χ4v) is 3.58. The number of nitrogens with one attached hydrogen (secondary N) is 1. The quantitative estimate of drug-likeness (QED) is 0.634. The number of urea groups is 1. The number of hydrogen-bond donors (Lipinski definition) is 1. The van der Waals surface area contributed by atoms with Crippen LogP contribution in [0, 0.1) is 10.1 Å². The monoisotopic (exact) mass is 394 g/mol. The second-order valence-corrected chi connectivity index (χ2v) is 6.74. The summed E-state index contributed by atoms with van der Waals surface area (Å²) < 4.78 is 5.17. The maximum absolute atomic E-state index is 13.2. The lowest BCUT2D eigenvalue weighted by molar-refractivity contribution is -0.384. The molecule has 2 aromatic carbocycles. The smallest absolute Gasteiger partial charge is 0.322 e. The predicted octanol–water partition coefficient (Wildman–Crippen LogP) is 2.60. The molecule has 0 radical (unpaired) electrons. The number of carbonyl (C=O) groups is 2. The van der Waals surface area contributed by atoms with E-state index in [-0.39, 0.29) is 24.2 Å². The number of anilines is 1. The molecule has 0 saturated carbocycles. The third-order valence-electron chi connectivity index (χ3n) is 5.18. The van der Waals surface area contributed by atoms with Gasteiger partial charge in [-0.05, 0) is 29.8 Å². The second kappa shape index (κ2) is 6.93. The Hall–Kier alpha value is -3.88. The van der Waals surface area contributed by atoms with E-state index in [4.69, 9.17) is 4.74 Å². The number of benzene rings is 2. The van der Waals surface area contributed by atoms with Gasteiger partial charge in [0, 0.05) is 24.9 Å². The van der Waals surface area contributed by atoms with E-state index in [0.29, 0.717) is 22.7 Å². The van der Waals surface area contributed by atoms with Gasteiger partial charge in [-0.1, -0.05) is 12.1 Å². The second-order valence-electron chi connectivity index (χ2n) is 6.74. The van der Waals surface area contributed by atoms with E-state index < -0.39 is 11.0 Å². The van der Waals surface area contributed by atoms with E-state index in [2.05, 4.69) is 5.32 Å². The Morgan fingerprint density at radius 1 is 1.10 bits per heavy atom. The molecular formula is C20H18N4O5. The van der Waals surface area contributed by atoms with Gasteiger partial charge in [-0.2, -0.15) is 0 Å². The first-order chi connectivity index (χ1) is 13.9. The predicted molar refractivity (Wildman–Crippen MR) is 105 cm³/mol. The van der Waals surface area contributed by atoms with Gasteiger partial charge in [0.1, 0.15) is 5.75 Å². The third-order valence-corrected chi connectivity index (χ3v) is 5.18. The summed E-state index contributed by atoms with van der Waals surface area (Å²) in [6, 6.07) is 12.0. The van der Waals surface area contributed by atoms with Gasteiger partial charge in [0.05, 0.1) is 35.9 Å². The van der Waals surface area contributed by atoms with E-state index >= 15 is 0 Å². The minimum atomic E-state index is -0.588. The lowest BCUT2D eigenvalue weighted by Crippen LogP contribution is -2.45. The molecule has 4 rings (SSSR count). The van der Waals surface area contributed by atoms with Crippen molar-refractivity contribution in [2.24, 2.45) is 0 Å². The van der Waals surface area contributed by atoms with Gasteiger partial charge in [0.2, 0.25) is 0 Å².